The van der Waals surface area contributed by atoms with Crippen molar-refractivity contribution < 1.29 is 9.53 Å². The quantitative estimate of drug-likeness (QED) is 0.162. The van der Waals surface area contributed by atoms with Crippen LogP contribution in [0.15, 0.2) is 0 Å². The lowest BCUT2D eigenvalue weighted by Crippen LogP contribution is -2.27. The Morgan fingerprint density at radius 1 is 1.44 bits per heavy atom. The van der Waals surface area contributed by atoms with Crippen molar-refractivity contribution in [2.45, 2.75) is 60.5 Å². The fourth-order valence-electron chi connectivity index (χ4n) is 1.34. The van der Waals surface area contributed by atoms with Gasteiger partial charge in [-0.1, -0.05) is 58.0 Å². The first-order valence-corrected chi connectivity index (χ1v) is 12.5. The van der Waals surface area contributed by atoms with Crippen LogP contribution in [0.25, 0.3) is 0 Å². The molecule has 0 bridgehead atoms. The second-order valence-electron chi connectivity index (χ2n) is 5.61. The van der Waals surface area contributed by atoms with Crippen LogP contribution in [0.5, 0.6) is 0 Å². The largest absolute Gasteiger partial charge is 0.465 e. The highest BCUT2D eigenvalue weighted by atomic mass is 127. The van der Waals surface area contributed by atoms with Gasteiger partial charge in [0.2, 0.25) is 0 Å². The first-order chi connectivity index (χ1) is 8.02. The third-order valence-corrected chi connectivity index (χ3v) is 6.12. The smallest absolute Gasteiger partial charge is 0.322 e. The van der Waals surface area contributed by atoms with Crippen molar-refractivity contribution in [2.75, 3.05) is 6.61 Å². The van der Waals surface area contributed by atoms with E-state index in [9.17, 15) is 4.79 Å². The molecule has 6 heteroatoms. The van der Waals surface area contributed by atoms with Crippen molar-refractivity contribution in [3.05, 3.63) is 0 Å². The molecule has 0 saturated carbocycles. The van der Waals surface area contributed by atoms with Crippen LogP contribution in [-0.4, -0.2) is 28.2 Å². The summed E-state index contributed by atoms with van der Waals surface area (Å²) >= 11 is 12.0. The fourth-order valence-corrected chi connectivity index (χ4v) is 3.59. The Morgan fingerprint density at radius 3 is 2.44 bits per heavy atom. The Morgan fingerprint density at radius 2 is 2.00 bits per heavy atom. The molecule has 2 nitrogen and oxygen atoms in total. The molecule has 0 aliphatic rings. The minimum atomic E-state index is -1.42. The number of esters is 1. The summed E-state index contributed by atoms with van der Waals surface area (Å²) in [5.41, 5.74) is 0. The summed E-state index contributed by atoms with van der Waals surface area (Å²) in [7, 11) is -1.42. The summed E-state index contributed by atoms with van der Waals surface area (Å²) in [5.74, 6) is -0.194. The summed E-state index contributed by atoms with van der Waals surface area (Å²) in [6.07, 6.45) is 3.24. The van der Waals surface area contributed by atoms with Crippen LogP contribution < -0.4 is 0 Å². The van der Waals surface area contributed by atoms with Gasteiger partial charge < -0.3 is 4.74 Å². The number of carbonyl (C=O) groups excluding carboxylic acids is 1. The Labute approximate surface area is 139 Å². The molecule has 0 amide bonds. The Hall–Kier alpha value is 1.19. The van der Waals surface area contributed by atoms with E-state index in [2.05, 4.69) is 51.6 Å². The van der Waals surface area contributed by atoms with Crippen LogP contribution >= 0.6 is 49.6 Å². The molecule has 0 aromatic heterocycles. The Kier molecular flexibility index (Phi) is 9.03. The predicted octanol–water partition coefficient (Wildman–Crippen LogP) is 5.12. The van der Waals surface area contributed by atoms with E-state index in [1.165, 1.54) is 6.42 Å². The van der Waals surface area contributed by atoms with Gasteiger partial charge in [0.15, 0.2) is 0 Å². The molecular formula is C12H23BrClIO2Si. The van der Waals surface area contributed by atoms with Crippen molar-refractivity contribution in [1.82, 2.24) is 0 Å². The van der Waals surface area contributed by atoms with Gasteiger partial charge in [-0.2, -0.15) is 11.1 Å². The van der Waals surface area contributed by atoms with E-state index in [4.69, 9.17) is 15.8 Å². The third kappa shape index (κ3) is 11.1. The molecule has 0 heterocycles. The highest BCUT2D eigenvalue weighted by Crippen LogP contribution is 2.22. The first-order valence-electron chi connectivity index (χ1n) is 6.21. The molecule has 1 atom stereocenters. The van der Waals surface area contributed by atoms with E-state index < -0.39 is 11.7 Å². The van der Waals surface area contributed by atoms with Crippen LogP contribution in [-0.2, 0) is 9.53 Å². The predicted molar refractivity (Wildman–Crippen MR) is 93.8 cm³/mol. The van der Waals surface area contributed by atoms with Gasteiger partial charge in [0.1, 0.15) is 11.7 Å². The van der Waals surface area contributed by atoms with Crippen molar-refractivity contribution in [2.24, 2.45) is 0 Å². The molecule has 0 N–H and O–H groups in total. The van der Waals surface area contributed by atoms with Crippen molar-refractivity contribution in [1.29, 1.82) is 0 Å². The van der Waals surface area contributed by atoms with Gasteiger partial charge in [-0.15, -0.1) is 0 Å². The fraction of sp³-hybridized carbons (Fsp3) is 0.917. The average molecular weight is 470 g/mol. The number of alkyl halides is 2. The van der Waals surface area contributed by atoms with Gasteiger partial charge >= 0.3 is 5.97 Å². The number of hydrogen-bond acceptors (Lipinski definition) is 2. The molecule has 0 aliphatic carbocycles. The van der Waals surface area contributed by atoms with E-state index in [1.54, 1.807) is 13.8 Å². The minimum Gasteiger partial charge on any atom is -0.465 e. The van der Waals surface area contributed by atoms with Crippen molar-refractivity contribution in [3.8, 4) is 0 Å². The number of hydrogen-bond donors (Lipinski definition) is 0. The summed E-state index contributed by atoms with van der Waals surface area (Å²) in [5, 5.41) is 0. The van der Waals surface area contributed by atoms with Gasteiger partial charge in [-0.25, -0.2) is 0 Å². The van der Waals surface area contributed by atoms with Crippen LogP contribution in [0.1, 0.15) is 33.1 Å². The molecule has 18 heavy (non-hydrogen) atoms. The lowest BCUT2D eigenvalue weighted by Gasteiger charge is -2.17. The second kappa shape index (κ2) is 8.47. The summed E-state index contributed by atoms with van der Waals surface area (Å²) < 4.78 is 5.19. The molecule has 0 fully saturated rings. The van der Waals surface area contributed by atoms with Gasteiger partial charge in [-0.3, -0.25) is 4.79 Å². The lowest BCUT2D eigenvalue weighted by molar-refractivity contribution is -0.145. The van der Waals surface area contributed by atoms with E-state index >= 15 is 0 Å². The maximum atomic E-state index is 11.5. The molecule has 0 rings (SSSR count). The van der Waals surface area contributed by atoms with E-state index in [0.717, 1.165) is 18.9 Å². The van der Waals surface area contributed by atoms with Gasteiger partial charge in [-0.05, 0) is 32.7 Å². The van der Waals surface area contributed by atoms with Gasteiger partial charge in [0.25, 0.3) is 0 Å². The maximum Gasteiger partial charge on any atom is 0.322 e. The second-order valence-corrected chi connectivity index (χ2v) is 16.4. The average Bonchev–Trinajstić information content (AvgIpc) is 2.13. The molecule has 0 aliphatic heterocycles. The lowest BCUT2D eigenvalue weighted by atomic mass is 10.2. The molecular weight excluding hydrogens is 446 g/mol. The molecule has 108 valence electrons. The standard InChI is InChI=1S/C12H23BrClIO2Si/c1-12(2,13)11(16)17-8-7-10(15)6-5-9-18(3,4)14/h10H,5-9H2,1-4H3/t10-/m1/s1. The van der Waals surface area contributed by atoms with Crippen LogP contribution in [0.4, 0.5) is 0 Å². The molecule has 0 spiro atoms. The molecule has 0 aromatic carbocycles. The highest BCUT2D eigenvalue weighted by Gasteiger charge is 2.25. The van der Waals surface area contributed by atoms with Crippen LogP contribution in [0, 0.1) is 0 Å². The van der Waals surface area contributed by atoms with Gasteiger partial charge in [0.05, 0.1) is 6.61 Å². The van der Waals surface area contributed by atoms with Crippen molar-refractivity contribution >= 4 is 63.0 Å². The summed E-state index contributed by atoms with van der Waals surface area (Å²) in [6.45, 7) is 8.45. The Balaban J connectivity index is 3.66. The number of rotatable bonds is 8. The van der Waals surface area contributed by atoms with E-state index in [1.807, 2.05) is 0 Å². The monoisotopic (exact) mass is 468 g/mol. The SMILES string of the molecule is CC(C)(Br)C(=O)OCC[C@H](I)CCC[Si](C)(C)Cl. The molecule has 0 unspecified atom stereocenters. The molecule has 0 saturated heterocycles. The molecule has 0 radical (unpaired) electrons. The number of carbonyl (C=O) groups is 1. The topological polar surface area (TPSA) is 26.3 Å². The third-order valence-electron chi connectivity index (χ3n) is 2.44. The Bertz CT molecular complexity index is 264. The normalized spacial score (nSPS) is 14.4. The zero-order chi connectivity index (χ0) is 14.4. The number of ether oxygens (including phenoxy) is 1. The highest BCUT2D eigenvalue weighted by molar-refractivity contribution is 14.1. The minimum absolute atomic E-state index is 0.194. The van der Waals surface area contributed by atoms with Crippen molar-refractivity contribution in [3.63, 3.8) is 0 Å². The van der Waals surface area contributed by atoms with Crippen LogP contribution in [0.3, 0.4) is 0 Å². The maximum absolute atomic E-state index is 11.5. The van der Waals surface area contributed by atoms with Crippen LogP contribution in [0.2, 0.25) is 19.1 Å². The summed E-state index contributed by atoms with van der Waals surface area (Å²) in [6, 6.07) is 1.16. The zero-order valence-corrected chi connectivity index (χ0v) is 17.1. The van der Waals surface area contributed by atoms with Gasteiger partial charge in [0, 0.05) is 3.92 Å². The zero-order valence-electron chi connectivity index (χ0n) is 11.6. The van der Waals surface area contributed by atoms with E-state index in [0.29, 0.717) is 10.5 Å². The number of halogens is 3. The molecule has 0 aromatic rings. The van der Waals surface area contributed by atoms with E-state index in [-0.39, 0.29) is 5.97 Å². The first kappa shape index (κ1) is 19.2. The summed E-state index contributed by atoms with van der Waals surface area (Å²) in [4.78, 5) is 11.5.